The SMILES string of the molecule is CC[C@H](C)[C@@H]([C@@H](CC(=O)N1CCC[C@H]1[C@H](OC)[C@@H](C)C(=O)N[C@@H](Cc1ccccc1)c1nccs1)OC)N(C)C(=O)[C@@H](NC(=O)C(C)(C)NC(=O)OCc1ccc(NC(=O)[C@H](CCCNC(N)=O)NC(=O)[C@@H](NC(=O)[C@@H](COCCN)NC(C)=O)C(C)C)cc1)C(C)C. The van der Waals surface area contributed by atoms with E-state index >= 15 is 0 Å². The first-order valence-corrected chi connectivity index (χ1v) is 32.7. The molecule has 4 rings (SSSR count). The molecule has 516 valence electrons. The van der Waals surface area contributed by atoms with Gasteiger partial charge in [0.2, 0.25) is 47.3 Å². The van der Waals surface area contributed by atoms with E-state index in [-0.39, 0.29) is 75.9 Å². The van der Waals surface area contributed by atoms with Gasteiger partial charge in [0.15, 0.2) is 0 Å². The van der Waals surface area contributed by atoms with Crippen molar-refractivity contribution in [2.45, 2.75) is 181 Å². The molecule has 93 heavy (non-hydrogen) atoms. The zero-order valence-corrected chi connectivity index (χ0v) is 57.0. The molecule has 3 aromatic rings. The number of thiazole rings is 1. The fourth-order valence-corrected chi connectivity index (χ4v) is 11.8. The molecule has 0 bridgehead atoms. The zero-order valence-electron chi connectivity index (χ0n) is 56.2. The number of nitrogens with one attached hydrogen (secondary N) is 8. The molecule has 28 heteroatoms. The van der Waals surface area contributed by atoms with Crippen molar-refractivity contribution in [2.75, 3.05) is 59.4 Å². The summed E-state index contributed by atoms with van der Waals surface area (Å²) in [7, 11) is 4.68. The van der Waals surface area contributed by atoms with E-state index in [0.717, 1.165) is 10.6 Å². The first-order valence-electron chi connectivity index (χ1n) is 31.8. The number of methoxy groups -OCH3 is 2. The van der Waals surface area contributed by atoms with E-state index in [1.165, 1.54) is 44.1 Å². The molecule has 0 spiro atoms. The van der Waals surface area contributed by atoms with Crippen molar-refractivity contribution in [3.05, 3.63) is 82.3 Å². The van der Waals surface area contributed by atoms with Crippen molar-refractivity contribution >= 4 is 76.4 Å². The summed E-state index contributed by atoms with van der Waals surface area (Å²) in [6.07, 6.45) is 2.03. The van der Waals surface area contributed by atoms with Crippen LogP contribution in [0.3, 0.4) is 0 Å². The minimum Gasteiger partial charge on any atom is -0.445 e. The number of urea groups is 1. The Balaban J connectivity index is 1.38. The van der Waals surface area contributed by atoms with Crippen molar-refractivity contribution in [2.24, 2.45) is 35.1 Å². The highest BCUT2D eigenvalue weighted by Gasteiger charge is 2.44. The van der Waals surface area contributed by atoms with Crippen LogP contribution in [0.5, 0.6) is 0 Å². The number of hydrogen-bond donors (Lipinski definition) is 10. The third-order valence-corrected chi connectivity index (χ3v) is 17.4. The van der Waals surface area contributed by atoms with Crippen LogP contribution in [-0.4, -0.2) is 182 Å². The third kappa shape index (κ3) is 24.2. The van der Waals surface area contributed by atoms with Crippen molar-refractivity contribution < 1.29 is 66.9 Å². The van der Waals surface area contributed by atoms with E-state index in [0.29, 0.717) is 43.5 Å². The molecule has 11 amide bonds. The highest BCUT2D eigenvalue weighted by molar-refractivity contribution is 7.09. The molecule has 1 aromatic heterocycles. The van der Waals surface area contributed by atoms with Gasteiger partial charge in [-0.25, -0.2) is 14.6 Å². The Morgan fingerprint density at radius 2 is 1.48 bits per heavy atom. The average molecular weight is 1320 g/mol. The fraction of sp³-hybridized carbons (Fsp3) is 0.615. The molecule has 0 saturated carbocycles. The van der Waals surface area contributed by atoms with E-state index in [1.54, 1.807) is 77.2 Å². The molecule has 0 radical (unpaired) electrons. The molecular formula is C65H101N13O14S. The number of rotatable bonds is 38. The smallest absolute Gasteiger partial charge is 0.408 e. The van der Waals surface area contributed by atoms with Gasteiger partial charge < -0.3 is 82.7 Å². The molecule has 2 heterocycles. The lowest BCUT2D eigenvalue weighted by Gasteiger charge is -2.41. The molecule has 1 fully saturated rings. The van der Waals surface area contributed by atoms with E-state index in [9.17, 15) is 47.9 Å². The minimum absolute atomic E-state index is 0.0467. The highest BCUT2D eigenvalue weighted by atomic mass is 32.1. The summed E-state index contributed by atoms with van der Waals surface area (Å²) < 4.78 is 23.0. The van der Waals surface area contributed by atoms with E-state index in [4.69, 9.17) is 30.4 Å². The lowest BCUT2D eigenvalue weighted by atomic mass is 9.89. The van der Waals surface area contributed by atoms with Crippen LogP contribution in [0.15, 0.2) is 66.2 Å². The monoisotopic (exact) mass is 1320 g/mol. The predicted molar refractivity (Wildman–Crippen MR) is 352 cm³/mol. The number of likely N-dealkylation sites (N-methyl/N-ethyl adjacent to an activating group) is 1. The number of nitrogens with zero attached hydrogens (tertiary/aromatic N) is 3. The second kappa shape index (κ2) is 38.4. The molecule has 0 aliphatic carbocycles. The van der Waals surface area contributed by atoms with Gasteiger partial charge in [-0.3, -0.25) is 38.4 Å². The summed E-state index contributed by atoms with van der Waals surface area (Å²) in [6.45, 7) is 17.3. The Kier molecular flexibility index (Phi) is 32.1. The Hall–Kier alpha value is -7.79. The van der Waals surface area contributed by atoms with Crippen LogP contribution in [0, 0.1) is 23.7 Å². The lowest BCUT2D eigenvalue weighted by Crippen LogP contribution is -2.62. The van der Waals surface area contributed by atoms with Crippen LogP contribution >= 0.6 is 11.3 Å². The van der Waals surface area contributed by atoms with Gasteiger partial charge in [-0.2, -0.15) is 0 Å². The first kappa shape index (κ1) is 77.7. The molecule has 1 aliphatic heterocycles. The summed E-state index contributed by atoms with van der Waals surface area (Å²) in [4.78, 5) is 143. The molecule has 27 nitrogen and oxygen atoms in total. The Morgan fingerprint density at radius 1 is 0.806 bits per heavy atom. The number of aromatic nitrogens is 1. The standard InChI is InChI=1S/C65H101N13O14S/c1-14-40(6)54(50(89-12)35-51(80)78-31-19-23-49(78)55(90-13)41(7)56(81)73-47(60-68-30-33-93-60)34-43-20-16-15-17-21-43)77(11)61(85)53(39(4)5)75-62(86)65(9,10)76-64(88)92-36-44-24-26-45(27-25-44)71-57(82)46(22-18-29-69-63(67)87)72-59(84)52(38(2)3)74-58(83)48(70-42(8)79)37-91-32-28-66/h15-17,20-21,24-27,30,33,38-41,46-50,52-55H,14,18-19,22-23,28-29,31-32,34-37,66H2,1-13H3,(H,70,79)(H,71,82)(H,72,84)(H,73,81)(H,74,83)(H,75,86)(H,76,88)(H3,67,69,87)/t40-,41+,46-,47-,48+,49-,50+,52-,53-,54-,55+/m0/s1. The molecular weight excluding hydrogens is 1220 g/mol. The number of carbonyl (C=O) groups excluding carboxylic acids is 10. The largest absolute Gasteiger partial charge is 0.445 e. The first-order chi connectivity index (χ1) is 44.1. The number of carbonyl (C=O) groups is 10. The molecule has 0 unspecified atom stereocenters. The average Bonchev–Trinajstić information content (AvgIpc) is 2.61. The topological polar surface area (TPSA) is 375 Å². The third-order valence-electron chi connectivity index (χ3n) is 16.5. The van der Waals surface area contributed by atoms with Crippen LogP contribution in [0.1, 0.15) is 130 Å². The summed E-state index contributed by atoms with van der Waals surface area (Å²) in [5, 5.41) is 24.4. The van der Waals surface area contributed by atoms with Crippen molar-refractivity contribution in [1.82, 2.24) is 52.0 Å². The molecule has 2 aromatic carbocycles. The number of amides is 11. The number of alkyl carbamates (subject to hydrolysis) is 1. The molecule has 1 aliphatic rings. The van der Waals surface area contributed by atoms with Gasteiger partial charge in [0, 0.05) is 65.1 Å². The van der Waals surface area contributed by atoms with Gasteiger partial charge in [-0.15, -0.1) is 11.3 Å². The second-order valence-corrected chi connectivity index (χ2v) is 25.7. The quantitative estimate of drug-likeness (QED) is 0.0365. The number of benzene rings is 2. The van der Waals surface area contributed by atoms with Crippen molar-refractivity contribution in [3.8, 4) is 0 Å². The molecule has 12 N–H and O–H groups in total. The van der Waals surface area contributed by atoms with E-state index in [1.807, 2.05) is 56.5 Å². The van der Waals surface area contributed by atoms with Gasteiger partial charge in [-0.05, 0) is 87.0 Å². The van der Waals surface area contributed by atoms with Crippen LogP contribution in [0.2, 0.25) is 0 Å². The van der Waals surface area contributed by atoms with Gasteiger partial charge in [-0.1, -0.05) is 97.4 Å². The summed E-state index contributed by atoms with van der Waals surface area (Å²) in [5.41, 5.74) is 11.0. The fourth-order valence-electron chi connectivity index (χ4n) is 11.1. The zero-order chi connectivity index (χ0) is 69.1. The van der Waals surface area contributed by atoms with Gasteiger partial charge >= 0.3 is 12.1 Å². The molecule has 1 saturated heterocycles. The minimum atomic E-state index is -1.60. The highest BCUT2D eigenvalue weighted by Crippen LogP contribution is 2.31. The normalized spacial score (nSPS) is 16.4. The van der Waals surface area contributed by atoms with Crippen LogP contribution in [0.25, 0.3) is 0 Å². The number of anilines is 1. The maximum Gasteiger partial charge on any atom is 0.408 e. The number of likely N-dealkylation sites (tertiary alicyclic amines) is 1. The number of primary amides is 1. The number of hydrogen-bond acceptors (Lipinski definition) is 17. The molecule has 11 atom stereocenters. The number of nitrogens with two attached hydrogens (primary N) is 2. The van der Waals surface area contributed by atoms with Gasteiger partial charge in [0.1, 0.15) is 41.3 Å². The number of ether oxygens (including phenoxy) is 4. The predicted octanol–water partition coefficient (Wildman–Crippen LogP) is 3.80. The van der Waals surface area contributed by atoms with Crippen LogP contribution in [0.4, 0.5) is 15.3 Å². The lowest BCUT2D eigenvalue weighted by molar-refractivity contribution is -0.148. The van der Waals surface area contributed by atoms with Crippen molar-refractivity contribution in [1.29, 1.82) is 0 Å². The van der Waals surface area contributed by atoms with Gasteiger partial charge in [0.25, 0.3) is 0 Å². The second-order valence-electron chi connectivity index (χ2n) is 24.8. The Morgan fingerprint density at radius 3 is 2.06 bits per heavy atom. The maximum atomic E-state index is 14.7. The summed E-state index contributed by atoms with van der Waals surface area (Å²) in [5.74, 6) is -5.77. The summed E-state index contributed by atoms with van der Waals surface area (Å²) in [6, 6.07) is 9.43. The van der Waals surface area contributed by atoms with Crippen LogP contribution < -0.4 is 54.0 Å². The van der Waals surface area contributed by atoms with Crippen molar-refractivity contribution in [3.63, 3.8) is 0 Å². The summed E-state index contributed by atoms with van der Waals surface area (Å²) >= 11 is 1.47. The van der Waals surface area contributed by atoms with Crippen LogP contribution in [-0.2, 0) is 70.3 Å². The van der Waals surface area contributed by atoms with Gasteiger partial charge in [0.05, 0.1) is 55.9 Å². The Labute approximate surface area is 550 Å². The van der Waals surface area contributed by atoms with E-state index < -0.39 is 119 Å². The van der Waals surface area contributed by atoms with E-state index in [2.05, 4.69) is 47.5 Å². The Bertz CT molecular complexity index is 2900. The maximum absolute atomic E-state index is 14.7.